The lowest BCUT2D eigenvalue weighted by Gasteiger charge is -2.59. The summed E-state index contributed by atoms with van der Waals surface area (Å²) in [7, 11) is 2.25. The smallest absolute Gasteiger partial charge is 0.0384 e. The monoisotopic (exact) mass is 230 g/mol. The van der Waals surface area contributed by atoms with E-state index in [4.69, 9.17) is 0 Å². The molecule has 3 rings (SSSR count). The molecule has 17 heavy (non-hydrogen) atoms. The first-order chi connectivity index (χ1) is 8.12. The van der Waals surface area contributed by atoms with E-state index in [1.807, 2.05) is 0 Å². The summed E-state index contributed by atoms with van der Waals surface area (Å²) in [4.78, 5) is 2.48. The van der Waals surface area contributed by atoms with Crippen LogP contribution in [0.25, 0.3) is 0 Å². The van der Waals surface area contributed by atoms with Crippen LogP contribution in [-0.4, -0.2) is 26.2 Å². The first kappa shape index (κ1) is 11.1. The minimum atomic E-state index is 0.429. The third-order valence-electron chi connectivity index (χ3n) is 4.97. The van der Waals surface area contributed by atoms with Gasteiger partial charge in [0.15, 0.2) is 0 Å². The van der Waals surface area contributed by atoms with Gasteiger partial charge in [-0.15, -0.1) is 0 Å². The first-order valence-electron chi connectivity index (χ1n) is 6.61. The highest BCUT2D eigenvalue weighted by Gasteiger charge is 2.59. The van der Waals surface area contributed by atoms with Gasteiger partial charge in [-0.1, -0.05) is 32.0 Å². The van der Waals surface area contributed by atoms with Crippen molar-refractivity contribution in [3.63, 3.8) is 0 Å². The molecule has 1 saturated heterocycles. The Morgan fingerprint density at radius 1 is 1.18 bits per heavy atom. The molecule has 2 heteroatoms. The lowest BCUT2D eigenvalue weighted by molar-refractivity contribution is -0.00741. The van der Waals surface area contributed by atoms with E-state index in [-0.39, 0.29) is 0 Å². The molecule has 92 valence electrons. The molecular formula is C15H22N2. The van der Waals surface area contributed by atoms with Crippen molar-refractivity contribution in [3.8, 4) is 0 Å². The molecule has 1 aliphatic heterocycles. The fourth-order valence-electron chi connectivity index (χ4n) is 4.11. The van der Waals surface area contributed by atoms with Crippen molar-refractivity contribution in [2.45, 2.75) is 19.9 Å². The molecule has 1 N–H and O–H groups in total. The minimum Gasteiger partial charge on any atom is -0.371 e. The van der Waals surface area contributed by atoms with Gasteiger partial charge in [-0.25, -0.2) is 0 Å². The van der Waals surface area contributed by atoms with E-state index in [0.717, 1.165) is 11.8 Å². The Bertz CT molecular complexity index is 399. The fourth-order valence-corrected chi connectivity index (χ4v) is 4.11. The van der Waals surface area contributed by atoms with Gasteiger partial charge in [0.05, 0.1) is 0 Å². The van der Waals surface area contributed by atoms with Gasteiger partial charge in [0, 0.05) is 25.3 Å². The number of anilines is 1. The second-order valence-electron chi connectivity index (χ2n) is 6.14. The van der Waals surface area contributed by atoms with E-state index in [1.165, 1.54) is 18.8 Å². The molecule has 0 spiro atoms. The van der Waals surface area contributed by atoms with Gasteiger partial charge in [-0.2, -0.15) is 0 Å². The zero-order valence-electron chi connectivity index (χ0n) is 11.0. The molecule has 3 atom stereocenters. The lowest BCUT2D eigenvalue weighted by Crippen LogP contribution is -2.64. The third-order valence-corrected chi connectivity index (χ3v) is 4.97. The third kappa shape index (κ3) is 1.50. The Hall–Kier alpha value is -1.02. The summed E-state index contributed by atoms with van der Waals surface area (Å²) < 4.78 is 0. The summed E-state index contributed by atoms with van der Waals surface area (Å²) in [5.41, 5.74) is 1.77. The number of rotatable bonds is 2. The maximum Gasteiger partial charge on any atom is 0.0384 e. The summed E-state index contributed by atoms with van der Waals surface area (Å²) in [6, 6.07) is 11.4. The van der Waals surface area contributed by atoms with Gasteiger partial charge < -0.3 is 10.2 Å². The van der Waals surface area contributed by atoms with Gasteiger partial charge in [0.2, 0.25) is 0 Å². The molecule has 0 bridgehead atoms. The van der Waals surface area contributed by atoms with Crippen LogP contribution in [0.2, 0.25) is 0 Å². The van der Waals surface area contributed by atoms with Crippen LogP contribution in [0.3, 0.4) is 0 Å². The van der Waals surface area contributed by atoms with Gasteiger partial charge >= 0.3 is 0 Å². The highest BCUT2D eigenvalue weighted by atomic mass is 15.2. The summed E-state index contributed by atoms with van der Waals surface area (Å²) in [5.74, 6) is 1.69. The van der Waals surface area contributed by atoms with Crippen molar-refractivity contribution in [2.24, 2.45) is 17.3 Å². The highest BCUT2D eigenvalue weighted by Crippen LogP contribution is 2.55. The predicted molar refractivity (Wildman–Crippen MR) is 72.3 cm³/mol. The fraction of sp³-hybridized carbons (Fsp3) is 0.600. The zero-order valence-corrected chi connectivity index (χ0v) is 11.0. The SMILES string of the molecule is CN(c1ccccc1)[C@@H]1[C@H]2CNC[C@H]2C1(C)C. The molecule has 1 heterocycles. The normalized spacial score (nSPS) is 33.9. The number of fused-ring (bicyclic) bond motifs is 1. The van der Waals surface area contributed by atoms with E-state index in [9.17, 15) is 0 Å². The van der Waals surface area contributed by atoms with E-state index in [2.05, 4.69) is 61.4 Å². The van der Waals surface area contributed by atoms with Crippen molar-refractivity contribution in [3.05, 3.63) is 30.3 Å². The quantitative estimate of drug-likeness (QED) is 0.839. The molecule has 1 saturated carbocycles. The minimum absolute atomic E-state index is 0.429. The number of para-hydroxylation sites is 1. The molecule has 2 fully saturated rings. The first-order valence-corrected chi connectivity index (χ1v) is 6.61. The van der Waals surface area contributed by atoms with Crippen molar-refractivity contribution >= 4 is 5.69 Å². The van der Waals surface area contributed by atoms with Gasteiger partial charge in [0.25, 0.3) is 0 Å². The molecule has 1 aliphatic carbocycles. The van der Waals surface area contributed by atoms with E-state index in [0.29, 0.717) is 11.5 Å². The Morgan fingerprint density at radius 3 is 2.59 bits per heavy atom. The number of benzene rings is 1. The van der Waals surface area contributed by atoms with Crippen molar-refractivity contribution in [1.29, 1.82) is 0 Å². The van der Waals surface area contributed by atoms with Crippen LogP contribution in [0.5, 0.6) is 0 Å². The van der Waals surface area contributed by atoms with Crippen LogP contribution in [-0.2, 0) is 0 Å². The van der Waals surface area contributed by atoms with Crippen LogP contribution >= 0.6 is 0 Å². The van der Waals surface area contributed by atoms with Gasteiger partial charge in [-0.3, -0.25) is 0 Å². The molecule has 0 unspecified atom stereocenters. The van der Waals surface area contributed by atoms with Gasteiger partial charge in [0.1, 0.15) is 0 Å². The number of hydrogen-bond donors (Lipinski definition) is 1. The molecular weight excluding hydrogens is 208 g/mol. The number of nitrogens with zero attached hydrogens (tertiary/aromatic N) is 1. The zero-order chi connectivity index (χ0) is 12.0. The number of hydrogen-bond acceptors (Lipinski definition) is 2. The molecule has 0 amide bonds. The molecule has 1 aromatic rings. The van der Waals surface area contributed by atoms with Gasteiger partial charge in [-0.05, 0) is 35.9 Å². The largest absolute Gasteiger partial charge is 0.371 e. The highest BCUT2D eigenvalue weighted by molar-refractivity contribution is 5.48. The summed E-state index contributed by atoms with van der Waals surface area (Å²) in [6.45, 7) is 7.24. The molecule has 2 aliphatic rings. The van der Waals surface area contributed by atoms with Crippen molar-refractivity contribution in [1.82, 2.24) is 5.32 Å². The topological polar surface area (TPSA) is 15.3 Å². The van der Waals surface area contributed by atoms with Crippen molar-refractivity contribution in [2.75, 3.05) is 25.0 Å². The second-order valence-corrected chi connectivity index (χ2v) is 6.14. The Kier molecular flexibility index (Phi) is 2.44. The molecule has 1 aromatic carbocycles. The summed E-state index contributed by atoms with van der Waals surface area (Å²) in [6.07, 6.45) is 0. The Morgan fingerprint density at radius 2 is 1.88 bits per heavy atom. The maximum atomic E-state index is 3.55. The van der Waals surface area contributed by atoms with Crippen LogP contribution in [0.1, 0.15) is 13.8 Å². The molecule has 0 aromatic heterocycles. The average Bonchev–Trinajstić information content (AvgIpc) is 2.76. The second kappa shape index (κ2) is 3.74. The molecule has 2 nitrogen and oxygen atoms in total. The van der Waals surface area contributed by atoms with Crippen molar-refractivity contribution < 1.29 is 0 Å². The van der Waals surface area contributed by atoms with Crippen LogP contribution in [0, 0.1) is 17.3 Å². The maximum absolute atomic E-state index is 3.55. The van der Waals surface area contributed by atoms with E-state index >= 15 is 0 Å². The predicted octanol–water partition coefficient (Wildman–Crippen LogP) is 2.37. The Balaban J connectivity index is 1.85. The van der Waals surface area contributed by atoms with Crippen LogP contribution < -0.4 is 10.2 Å². The number of nitrogens with one attached hydrogen (secondary N) is 1. The molecule has 0 radical (unpaired) electrons. The Labute approximate surface area is 104 Å². The van der Waals surface area contributed by atoms with E-state index in [1.54, 1.807) is 0 Å². The van der Waals surface area contributed by atoms with Crippen LogP contribution in [0.15, 0.2) is 30.3 Å². The standard InChI is InChI=1S/C15H22N2/c1-15(2)13-10-16-9-12(13)14(15)17(3)11-7-5-4-6-8-11/h4-8,12-14,16H,9-10H2,1-3H3/t12-,13+,14+/m0/s1. The van der Waals surface area contributed by atoms with E-state index < -0.39 is 0 Å². The average molecular weight is 230 g/mol. The lowest BCUT2D eigenvalue weighted by atomic mass is 9.52. The summed E-state index contributed by atoms with van der Waals surface area (Å²) in [5, 5.41) is 3.55. The summed E-state index contributed by atoms with van der Waals surface area (Å²) >= 11 is 0. The van der Waals surface area contributed by atoms with Crippen LogP contribution in [0.4, 0.5) is 5.69 Å².